The molecule has 0 unspecified atom stereocenters. The summed E-state index contributed by atoms with van der Waals surface area (Å²) in [7, 11) is 1.67. The van der Waals surface area contributed by atoms with Gasteiger partial charge in [0.05, 0.1) is 11.6 Å². The maximum Gasteiger partial charge on any atom is 0.118 e. The van der Waals surface area contributed by atoms with E-state index in [2.05, 4.69) is 44.2 Å². The zero-order valence-electron chi connectivity index (χ0n) is 9.06. The molecule has 1 aromatic carbocycles. The number of benzene rings is 1. The van der Waals surface area contributed by atoms with Crippen LogP contribution in [0.1, 0.15) is 5.56 Å². The molecule has 3 nitrogen and oxygen atoms in total. The van der Waals surface area contributed by atoms with Gasteiger partial charge in [-0.25, -0.2) is 0 Å². The number of hydrogen-bond donors (Lipinski definition) is 0. The highest BCUT2D eigenvalue weighted by molar-refractivity contribution is 9.12. The predicted octanol–water partition coefficient (Wildman–Crippen LogP) is 2.78. The topological polar surface area (TPSA) is 24.8 Å². The van der Waals surface area contributed by atoms with Crippen molar-refractivity contribution >= 4 is 22.1 Å². The van der Waals surface area contributed by atoms with Crippen molar-refractivity contribution in [1.82, 2.24) is 4.90 Å². The summed E-state index contributed by atoms with van der Waals surface area (Å²) >= 11 is 3.41. The van der Waals surface area contributed by atoms with Gasteiger partial charge < -0.3 is 9.64 Å². The number of allylic oxidation sites excluding steroid dienone is 1. The van der Waals surface area contributed by atoms with Gasteiger partial charge >= 0.3 is 0 Å². The number of hydrogen-bond acceptors (Lipinski definition) is 3. The first-order chi connectivity index (χ1) is 7.78. The van der Waals surface area contributed by atoms with E-state index in [-0.39, 0.29) is 0 Å². The first-order valence-corrected chi connectivity index (χ1v) is 5.81. The normalized spacial score (nSPS) is 14.9. The lowest BCUT2D eigenvalue weighted by atomic mass is 10.2. The van der Waals surface area contributed by atoms with Crippen LogP contribution in [0.25, 0.3) is 0 Å². The van der Waals surface area contributed by atoms with Gasteiger partial charge in [-0.3, -0.25) is 4.99 Å². The predicted molar refractivity (Wildman–Crippen MR) is 68.9 cm³/mol. The Hall–Kier alpha value is -1.29. The molecular weight excluding hydrogens is 268 g/mol. The summed E-state index contributed by atoms with van der Waals surface area (Å²) in [5, 5.41) is 0. The molecule has 2 rings (SSSR count). The van der Waals surface area contributed by atoms with Gasteiger partial charge in [-0.05, 0) is 33.6 Å². The molecule has 0 radical (unpaired) electrons. The first-order valence-electron chi connectivity index (χ1n) is 5.02. The van der Waals surface area contributed by atoms with Crippen LogP contribution in [0.4, 0.5) is 0 Å². The van der Waals surface area contributed by atoms with Gasteiger partial charge in [0.25, 0.3) is 0 Å². The molecule has 4 heteroatoms. The quantitative estimate of drug-likeness (QED) is 0.851. The maximum atomic E-state index is 5.12. The molecule has 0 saturated carbocycles. The Balaban J connectivity index is 2.01. The van der Waals surface area contributed by atoms with E-state index in [0.29, 0.717) is 6.67 Å². The number of ether oxygens (including phenoxy) is 1. The number of methoxy groups -OCH3 is 1. The second kappa shape index (κ2) is 5.16. The van der Waals surface area contributed by atoms with Crippen LogP contribution in [-0.4, -0.2) is 24.9 Å². The molecular formula is C12H13BrN2O. The number of halogens is 1. The van der Waals surface area contributed by atoms with Gasteiger partial charge in [-0.1, -0.05) is 12.1 Å². The van der Waals surface area contributed by atoms with Crippen LogP contribution in [0.5, 0.6) is 5.75 Å². The van der Waals surface area contributed by atoms with Crippen LogP contribution in [0.2, 0.25) is 0 Å². The van der Waals surface area contributed by atoms with E-state index in [1.165, 1.54) is 5.56 Å². The van der Waals surface area contributed by atoms with Gasteiger partial charge in [0.1, 0.15) is 12.4 Å². The average molecular weight is 281 g/mol. The third-order valence-electron chi connectivity index (χ3n) is 2.33. The van der Waals surface area contributed by atoms with Gasteiger partial charge in [0, 0.05) is 19.0 Å². The molecule has 0 aliphatic carbocycles. The summed E-state index contributed by atoms with van der Waals surface area (Å²) in [6.45, 7) is 1.57. The van der Waals surface area contributed by atoms with Crippen LogP contribution in [-0.2, 0) is 6.54 Å². The molecule has 0 N–H and O–H groups in total. The minimum atomic E-state index is 0.709. The monoisotopic (exact) mass is 280 g/mol. The van der Waals surface area contributed by atoms with Crippen molar-refractivity contribution in [2.75, 3.05) is 13.8 Å². The fraction of sp³-hybridized carbons (Fsp3) is 0.250. The van der Waals surface area contributed by atoms with E-state index in [0.717, 1.165) is 16.8 Å². The van der Waals surface area contributed by atoms with Crippen molar-refractivity contribution in [3.8, 4) is 5.75 Å². The molecule has 0 bridgehead atoms. The van der Waals surface area contributed by atoms with Crippen molar-refractivity contribution in [2.24, 2.45) is 4.99 Å². The van der Waals surface area contributed by atoms with Crippen molar-refractivity contribution in [1.29, 1.82) is 0 Å². The lowest BCUT2D eigenvalue weighted by molar-refractivity contribution is 0.378. The van der Waals surface area contributed by atoms with E-state index >= 15 is 0 Å². The molecule has 16 heavy (non-hydrogen) atoms. The first kappa shape index (κ1) is 11.2. The van der Waals surface area contributed by atoms with E-state index in [1.54, 1.807) is 7.11 Å². The molecule has 1 aromatic rings. The Kier molecular flexibility index (Phi) is 3.62. The third-order valence-corrected chi connectivity index (χ3v) is 2.74. The molecule has 84 valence electrons. The van der Waals surface area contributed by atoms with Gasteiger partial charge in [-0.2, -0.15) is 0 Å². The Labute approximate surface area is 104 Å². The summed E-state index contributed by atoms with van der Waals surface area (Å²) in [5.41, 5.74) is 1.24. The van der Waals surface area contributed by atoms with E-state index in [1.807, 2.05) is 18.3 Å². The number of nitrogens with zero attached hydrogens (tertiary/aromatic N) is 2. The molecule has 0 spiro atoms. The summed E-state index contributed by atoms with van der Waals surface area (Å²) in [5.74, 6) is 0.886. The van der Waals surface area contributed by atoms with Crippen molar-refractivity contribution < 1.29 is 4.74 Å². The van der Waals surface area contributed by atoms with Crippen molar-refractivity contribution in [3.63, 3.8) is 0 Å². The largest absolute Gasteiger partial charge is 0.497 e. The van der Waals surface area contributed by atoms with Crippen LogP contribution in [0, 0.1) is 0 Å². The molecule has 1 aliphatic rings. The Bertz CT molecular complexity index is 412. The molecule has 1 aliphatic heterocycles. The van der Waals surface area contributed by atoms with Gasteiger partial charge in [0.15, 0.2) is 0 Å². The number of aliphatic imine (C=N–C) groups is 1. The van der Waals surface area contributed by atoms with E-state index < -0.39 is 0 Å². The smallest absolute Gasteiger partial charge is 0.118 e. The molecule has 0 saturated heterocycles. The van der Waals surface area contributed by atoms with Gasteiger partial charge in [0.2, 0.25) is 0 Å². The van der Waals surface area contributed by atoms with Gasteiger partial charge in [-0.15, -0.1) is 0 Å². The third kappa shape index (κ3) is 2.85. The van der Waals surface area contributed by atoms with Crippen LogP contribution < -0.4 is 4.74 Å². The lowest BCUT2D eigenvalue weighted by Gasteiger charge is -2.21. The fourth-order valence-electron chi connectivity index (χ4n) is 1.54. The standard InChI is InChI=1S/C12H13BrN2O/c1-16-12-4-2-10(3-5-12)7-15-8-11(13)6-14-9-15/h2-6,8H,7,9H2,1H3. The molecule has 0 amide bonds. The summed E-state index contributed by atoms with van der Waals surface area (Å²) in [4.78, 5) is 6.38. The summed E-state index contributed by atoms with van der Waals surface area (Å²) in [6, 6.07) is 8.08. The summed E-state index contributed by atoms with van der Waals surface area (Å²) < 4.78 is 6.13. The SMILES string of the molecule is COc1ccc(CN2C=C(Br)C=NC2)cc1. The van der Waals surface area contributed by atoms with Crippen LogP contribution >= 0.6 is 15.9 Å². The molecule has 0 atom stereocenters. The Morgan fingerprint density at radius 3 is 2.75 bits per heavy atom. The average Bonchev–Trinajstić information content (AvgIpc) is 2.30. The molecule has 1 heterocycles. The van der Waals surface area contributed by atoms with E-state index in [4.69, 9.17) is 4.74 Å². The minimum absolute atomic E-state index is 0.709. The number of rotatable bonds is 3. The van der Waals surface area contributed by atoms with Crippen LogP contribution in [0.15, 0.2) is 39.9 Å². The second-order valence-corrected chi connectivity index (χ2v) is 4.48. The van der Waals surface area contributed by atoms with Crippen molar-refractivity contribution in [3.05, 3.63) is 40.5 Å². The highest BCUT2D eigenvalue weighted by Crippen LogP contribution is 2.15. The van der Waals surface area contributed by atoms with Crippen molar-refractivity contribution in [2.45, 2.75) is 6.54 Å². The fourth-order valence-corrected chi connectivity index (χ4v) is 1.98. The zero-order chi connectivity index (χ0) is 11.4. The highest BCUT2D eigenvalue weighted by atomic mass is 79.9. The Morgan fingerprint density at radius 2 is 2.12 bits per heavy atom. The molecule has 0 aromatic heterocycles. The minimum Gasteiger partial charge on any atom is -0.497 e. The van der Waals surface area contributed by atoms with Crippen LogP contribution in [0.3, 0.4) is 0 Å². The second-order valence-electron chi connectivity index (χ2n) is 3.56. The molecule has 0 fully saturated rings. The van der Waals surface area contributed by atoms with E-state index in [9.17, 15) is 0 Å². The highest BCUT2D eigenvalue weighted by Gasteiger charge is 2.05. The summed E-state index contributed by atoms with van der Waals surface area (Å²) in [6.07, 6.45) is 3.88. The zero-order valence-corrected chi connectivity index (χ0v) is 10.6. The Morgan fingerprint density at radius 1 is 1.38 bits per heavy atom. The lowest BCUT2D eigenvalue weighted by Crippen LogP contribution is -2.19. The maximum absolute atomic E-state index is 5.12.